The van der Waals surface area contributed by atoms with Crippen LogP contribution in [-0.2, 0) is 9.59 Å². The third kappa shape index (κ3) is 4.36. The first-order valence-electron chi connectivity index (χ1n) is 8.93. The molecule has 29 heavy (non-hydrogen) atoms. The van der Waals surface area contributed by atoms with E-state index in [0.29, 0.717) is 38.9 Å². The average Bonchev–Trinajstić information content (AvgIpc) is 3.30. The number of nitrogens with one attached hydrogen (secondary N) is 1. The summed E-state index contributed by atoms with van der Waals surface area (Å²) >= 11 is 6.62. The predicted octanol–water partition coefficient (Wildman–Crippen LogP) is 3.84. The first kappa shape index (κ1) is 19.3. The van der Waals surface area contributed by atoms with E-state index >= 15 is 0 Å². The molecule has 1 N–H and O–H groups in total. The number of nitrogens with zero attached hydrogens (tertiary/aromatic N) is 3. The highest BCUT2D eigenvalue weighted by molar-refractivity contribution is 8.26. The van der Waals surface area contributed by atoms with Crippen molar-refractivity contribution in [3.63, 3.8) is 0 Å². The van der Waals surface area contributed by atoms with Gasteiger partial charge in [-0.3, -0.25) is 14.5 Å². The van der Waals surface area contributed by atoms with Crippen LogP contribution >= 0.6 is 24.0 Å². The number of benzene rings is 2. The molecule has 0 atom stereocenters. The van der Waals surface area contributed by atoms with Crippen molar-refractivity contribution < 1.29 is 14.2 Å². The van der Waals surface area contributed by atoms with Crippen LogP contribution in [0.1, 0.15) is 18.4 Å². The summed E-state index contributed by atoms with van der Waals surface area (Å²) in [6.07, 6.45) is 2.57. The molecular weight excluding hydrogens is 408 g/mol. The number of amides is 2. The number of rotatable bonds is 6. The van der Waals surface area contributed by atoms with Crippen LogP contribution in [0.25, 0.3) is 17.1 Å². The van der Waals surface area contributed by atoms with Crippen molar-refractivity contribution >= 4 is 62.9 Å². The van der Waals surface area contributed by atoms with E-state index in [1.165, 1.54) is 11.8 Å². The summed E-state index contributed by atoms with van der Waals surface area (Å²) in [7, 11) is 0. The minimum atomic E-state index is -0.175. The van der Waals surface area contributed by atoms with Gasteiger partial charge in [0.25, 0.3) is 5.91 Å². The van der Waals surface area contributed by atoms with Crippen LogP contribution < -0.4 is 5.32 Å². The Morgan fingerprint density at radius 2 is 2.00 bits per heavy atom. The van der Waals surface area contributed by atoms with Gasteiger partial charge in [0, 0.05) is 13.0 Å². The van der Waals surface area contributed by atoms with Crippen LogP contribution in [0, 0.1) is 0 Å². The third-order valence-electron chi connectivity index (χ3n) is 4.32. The minimum Gasteiger partial charge on any atom is -0.324 e. The second-order valence-corrected chi connectivity index (χ2v) is 8.01. The van der Waals surface area contributed by atoms with Crippen molar-refractivity contribution in [2.45, 2.75) is 12.8 Å². The van der Waals surface area contributed by atoms with E-state index in [-0.39, 0.29) is 18.2 Å². The molecule has 2 heterocycles. The molecule has 0 saturated carbocycles. The van der Waals surface area contributed by atoms with Gasteiger partial charge in [0.05, 0.1) is 10.6 Å². The van der Waals surface area contributed by atoms with Gasteiger partial charge in [-0.05, 0) is 40.5 Å². The predicted molar refractivity (Wildman–Crippen MR) is 116 cm³/mol. The summed E-state index contributed by atoms with van der Waals surface area (Å²) in [6, 6.07) is 14.9. The molecular formula is C20H16N4O3S2. The van der Waals surface area contributed by atoms with Crippen LogP contribution in [0.15, 0.2) is 58.1 Å². The number of carbonyl (C=O) groups is 2. The Morgan fingerprint density at radius 1 is 1.17 bits per heavy atom. The number of thioether (sulfide) groups is 1. The molecule has 7 nitrogen and oxygen atoms in total. The SMILES string of the molecule is O=C(CCCN1C(=O)/C(=C/c2ccccc2)SC1=S)Nc1cccc2nonc12. The highest BCUT2D eigenvalue weighted by atomic mass is 32.2. The Morgan fingerprint density at radius 3 is 2.83 bits per heavy atom. The number of thiocarbonyl (C=S) groups is 1. The molecule has 2 amide bonds. The Hall–Kier alpha value is -3.04. The summed E-state index contributed by atoms with van der Waals surface area (Å²) in [4.78, 5) is 27.0. The lowest BCUT2D eigenvalue weighted by atomic mass is 10.2. The van der Waals surface area contributed by atoms with E-state index in [0.717, 1.165) is 5.56 Å². The lowest BCUT2D eigenvalue weighted by Crippen LogP contribution is -2.29. The van der Waals surface area contributed by atoms with Gasteiger partial charge in [0.15, 0.2) is 5.52 Å². The van der Waals surface area contributed by atoms with E-state index in [1.807, 2.05) is 36.4 Å². The zero-order chi connectivity index (χ0) is 20.2. The van der Waals surface area contributed by atoms with E-state index in [2.05, 4.69) is 15.6 Å². The minimum absolute atomic E-state index is 0.122. The first-order chi connectivity index (χ1) is 14.1. The fraction of sp³-hybridized carbons (Fsp3) is 0.150. The third-order valence-corrected chi connectivity index (χ3v) is 5.69. The first-order valence-corrected chi connectivity index (χ1v) is 10.2. The summed E-state index contributed by atoms with van der Waals surface area (Å²) in [6.45, 7) is 0.389. The molecule has 0 aliphatic carbocycles. The molecule has 4 rings (SSSR count). The van der Waals surface area contributed by atoms with Gasteiger partial charge in [-0.25, -0.2) is 4.63 Å². The lowest BCUT2D eigenvalue weighted by molar-refractivity contribution is -0.122. The van der Waals surface area contributed by atoms with Crippen molar-refractivity contribution in [1.82, 2.24) is 15.2 Å². The molecule has 1 aliphatic rings. The summed E-state index contributed by atoms with van der Waals surface area (Å²) in [5.74, 6) is -0.298. The fourth-order valence-corrected chi connectivity index (χ4v) is 4.22. The largest absolute Gasteiger partial charge is 0.324 e. The average molecular weight is 425 g/mol. The maximum atomic E-state index is 12.6. The van der Waals surface area contributed by atoms with Gasteiger partial charge in [-0.2, -0.15) is 0 Å². The maximum absolute atomic E-state index is 12.6. The number of aromatic nitrogens is 2. The van der Waals surface area contributed by atoms with Crippen molar-refractivity contribution in [1.29, 1.82) is 0 Å². The summed E-state index contributed by atoms with van der Waals surface area (Å²) in [5.41, 5.74) is 2.57. The summed E-state index contributed by atoms with van der Waals surface area (Å²) in [5, 5.41) is 10.4. The smallest absolute Gasteiger partial charge is 0.266 e. The van der Waals surface area contributed by atoms with Crippen LogP contribution in [-0.4, -0.2) is 37.9 Å². The van der Waals surface area contributed by atoms with Crippen LogP contribution in [0.2, 0.25) is 0 Å². The zero-order valence-electron chi connectivity index (χ0n) is 15.2. The van der Waals surface area contributed by atoms with Gasteiger partial charge in [0.2, 0.25) is 5.91 Å². The standard InChI is InChI=1S/C20H16N4O3S2/c25-17(21-14-8-4-9-15-18(14)23-27-22-15)10-5-11-24-19(26)16(29-20(24)28)12-13-6-2-1-3-7-13/h1-4,6-9,12H,5,10-11H2,(H,21,25)/b16-12-. The van der Waals surface area contributed by atoms with Crippen molar-refractivity contribution in [3.8, 4) is 0 Å². The highest BCUT2D eigenvalue weighted by Crippen LogP contribution is 2.32. The highest BCUT2D eigenvalue weighted by Gasteiger charge is 2.31. The zero-order valence-corrected chi connectivity index (χ0v) is 16.8. The Balaban J connectivity index is 1.33. The Kier molecular flexibility index (Phi) is 5.68. The molecule has 0 spiro atoms. The number of anilines is 1. The van der Waals surface area contributed by atoms with E-state index in [4.69, 9.17) is 16.8 Å². The van der Waals surface area contributed by atoms with Gasteiger partial charge < -0.3 is 5.32 Å². The molecule has 2 aromatic carbocycles. The number of hydrogen-bond donors (Lipinski definition) is 1. The number of carbonyl (C=O) groups excluding carboxylic acids is 2. The van der Waals surface area contributed by atoms with Crippen LogP contribution in [0.5, 0.6) is 0 Å². The van der Waals surface area contributed by atoms with E-state index < -0.39 is 0 Å². The van der Waals surface area contributed by atoms with Gasteiger partial charge in [-0.1, -0.05) is 60.4 Å². The van der Waals surface area contributed by atoms with Crippen molar-refractivity contribution in [2.24, 2.45) is 0 Å². The molecule has 0 unspecified atom stereocenters. The van der Waals surface area contributed by atoms with Crippen LogP contribution in [0.3, 0.4) is 0 Å². The van der Waals surface area contributed by atoms with Gasteiger partial charge >= 0.3 is 0 Å². The maximum Gasteiger partial charge on any atom is 0.266 e. The second kappa shape index (κ2) is 8.54. The summed E-state index contributed by atoms with van der Waals surface area (Å²) < 4.78 is 5.20. The second-order valence-electron chi connectivity index (χ2n) is 6.33. The lowest BCUT2D eigenvalue weighted by Gasteiger charge is -2.14. The fourth-order valence-electron chi connectivity index (χ4n) is 2.91. The molecule has 3 aromatic rings. The topological polar surface area (TPSA) is 88.3 Å². The molecule has 1 aromatic heterocycles. The van der Waals surface area contributed by atoms with Crippen molar-refractivity contribution in [2.75, 3.05) is 11.9 Å². The molecule has 0 bridgehead atoms. The van der Waals surface area contributed by atoms with E-state index in [9.17, 15) is 9.59 Å². The normalized spacial score (nSPS) is 15.4. The molecule has 0 radical (unpaired) electrons. The Labute approximate surface area is 176 Å². The quantitative estimate of drug-likeness (QED) is 0.475. The number of fused-ring (bicyclic) bond motifs is 1. The van der Waals surface area contributed by atoms with Gasteiger partial charge in [-0.15, -0.1) is 0 Å². The van der Waals surface area contributed by atoms with E-state index in [1.54, 1.807) is 23.1 Å². The number of hydrogen-bond acceptors (Lipinski definition) is 7. The van der Waals surface area contributed by atoms with Crippen LogP contribution in [0.4, 0.5) is 5.69 Å². The van der Waals surface area contributed by atoms with Gasteiger partial charge in [0.1, 0.15) is 9.84 Å². The molecule has 146 valence electrons. The molecule has 9 heteroatoms. The Bertz CT molecular complexity index is 1110. The monoisotopic (exact) mass is 424 g/mol. The molecule has 1 aliphatic heterocycles. The van der Waals surface area contributed by atoms with Crippen molar-refractivity contribution in [3.05, 3.63) is 59.0 Å². The molecule has 1 fully saturated rings. The molecule has 1 saturated heterocycles.